The van der Waals surface area contributed by atoms with Crippen molar-refractivity contribution in [1.82, 2.24) is 4.90 Å². The number of hydrogen-bond donors (Lipinski definition) is 0. The number of hydrogen-bond acceptors (Lipinski definition) is 3. The molecule has 1 heterocycles. The predicted octanol–water partition coefficient (Wildman–Crippen LogP) is 4.76. The van der Waals surface area contributed by atoms with Gasteiger partial charge < -0.3 is 4.74 Å². The number of cyclic esters (lactones) is 1. The highest BCUT2D eigenvalue weighted by molar-refractivity contribution is 6.13. The Bertz CT molecular complexity index is 1040. The summed E-state index contributed by atoms with van der Waals surface area (Å²) in [7, 11) is 0. The molecular formula is C23H16FNO3. The molecule has 4 rings (SSSR count). The first-order valence-corrected chi connectivity index (χ1v) is 8.77. The molecule has 1 aliphatic rings. The molecule has 0 spiro atoms. The molecule has 0 atom stereocenters. The van der Waals surface area contributed by atoms with Crippen LogP contribution >= 0.6 is 0 Å². The smallest absolute Gasteiger partial charge is 0.403 e. The zero-order valence-corrected chi connectivity index (χ0v) is 14.8. The Morgan fingerprint density at radius 2 is 1.36 bits per heavy atom. The van der Waals surface area contributed by atoms with Crippen LogP contribution in [0.15, 0.2) is 90.7 Å². The van der Waals surface area contributed by atoms with Crippen molar-refractivity contribution < 1.29 is 18.7 Å². The molecule has 0 radical (unpaired) electrons. The van der Waals surface area contributed by atoms with Crippen molar-refractivity contribution in [3.63, 3.8) is 0 Å². The van der Waals surface area contributed by atoms with Gasteiger partial charge in [-0.1, -0.05) is 72.8 Å². The van der Waals surface area contributed by atoms with Gasteiger partial charge in [-0.2, -0.15) is 0 Å². The van der Waals surface area contributed by atoms with Crippen molar-refractivity contribution in [2.75, 3.05) is 0 Å². The monoisotopic (exact) mass is 373 g/mol. The number of amides is 2. The molecule has 28 heavy (non-hydrogen) atoms. The molecule has 0 unspecified atom stereocenters. The van der Waals surface area contributed by atoms with Crippen LogP contribution in [0.1, 0.15) is 16.7 Å². The Morgan fingerprint density at radius 3 is 2.00 bits per heavy atom. The van der Waals surface area contributed by atoms with Gasteiger partial charge in [-0.3, -0.25) is 4.79 Å². The molecule has 3 aromatic rings. The molecule has 0 bridgehead atoms. The van der Waals surface area contributed by atoms with E-state index in [1.807, 2.05) is 60.7 Å². The number of rotatable bonds is 4. The van der Waals surface area contributed by atoms with Gasteiger partial charge in [0.2, 0.25) is 5.76 Å². The van der Waals surface area contributed by atoms with Gasteiger partial charge in [0.05, 0.1) is 6.54 Å². The molecule has 138 valence electrons. The lowest BCUT2D eigenvalue weighted by Gasteiger charge is -2.11. The Labute approximate surface area is 161 Å². The van der Waals surface area contributed by atoms with Crippen LogP contribution in [0, 0.1) is 5.82 Å². The number of halogens is 1. The lowest BCUT2D eigenvalue weighted by atomic mass is 9.96. The van der Waals surface area contributed by atoms with E-state index in [0.29, 0.717) is 16.7 Å². The van der Waals surface area contributed by atoms with Crippen molar-refractivity contribution in [3.05, 3.63) is 113 Å². The first-order chi connectivity index (χ1) is 13.6. The van der Waals surface area contributed by atoms with E-state index in [1.165, 1.54) is 12.1 Å². The van der Waals surface area contributed by atoms with E-state index in [2.05, 4.69) is 0 Å². The lowest BCUT2D eigenvalue weighted by molar-refractivity contribution is -0.123. The van der Waals surface area contributed by atoms with Gasteiger partial charge in [0.25, 0.3) is 5.91 Å². The molecule has 3 aromatic carbocycles. The van der Waals surface area contributed by atoms with E-state index in [1.54, 1.807) is 12.1 Å². The zero-order chi connectivity index (χ0) is 19.5. The maximum absolute atomic E-state index is 13.4. The number of carbonyl (C=O) groups is 2. The second-order valence-corrected chi connectivity index (χ2v) is 6.32. The normalized spacial score (nSPS) is 15.5. The number of nitrogens with zero attached hydrogens (tertiary/aromatic N) is 1. The molecule has 4 nitrogen and oxygen atoms in total. The molecular weight excluding hydrogens is 357 g/mol. The van der Waals surface area contributed by atoms with Gasteiger partial charge in [-0.25, -0.2) is 14.1 Å². The Morgan fingerprint density at radius 1 is 0.786 bits per heavy atom. The quantitative estimate of drug-likeness (QED) is 0.619. The van der Waals surface area contributed by atoms with Crippen molar-refractivity contribution in [1.29, 1.82) is 0 Å². The molecule has 0 aliphatic carbocycles. The first kappa shape index (κ1) is 17.7. The first-order valence-electron chi connectivity index (χ1n) is 8.77. The highest BCUT2D eigenvalue weighted by Gasteiger charge is 2.39. The Hall–Kier alpha value is -3.73. The molecule has 2 amide bonds. The maximum Gasteiger partial charge on any atom is 0.422 e. The minimum absolute atomic E-state index is 0.0567. The fraction of sp³-hybridized carbons (Fsp3) is 0.0435. The van der Waals surface area contributed by atoms with Crippen molar-refractivity contribution in [3.8, 4) is 0 Å². The van der Waals surface area contributed by atoms with E-state index < -0.39 is 12.0 Å². The van der Waals surface area contributed by atoms with Gasteiger partial charge >= 0.3 is 6.09 Å². The summed E-state index contributed by atoms with van der Waals surface area (Å²) in [4.78, 5) is 26.5. The van der Waals surface area contributed by atoms with Gasteiger partial charge in [0.1, 0.15) is 5.82 Å². The van der Waals surface area contributed by atoms with Crippen LogP contribution in [0.3, 0.4) is 0 Å². The third-order valence-corrected chi connectivity index (χ3v) is 4.46. The summed E-state index contributed by atoms with van der Waals surface area (Å²) in [5.41, 5.74) is 2.56. The third-order valence-electron chi connectivity index (χ3n) is 4.46. The van der Waals surface area contributed by atoms with Crippen LogP contribution < -0.4 is 0 Å². The van der Waals surface area contributed by atoms with E-state index in [9.17, 15) is 14.0 Å². The summed E-state index contributed by atoms with van der Waals surface area (Å²) in [5.74, 6) is -0.961. The van der Waals surface area contributed by atoms with Crippen molar-refractivity contribution >= 4 is 17.6 Å². The number of benzene rings is 3. The minimum atomic E-state index is -0.723. The zero-order valence-electron chi connectivity index (χ0n) is 14.8. The molecule has 0 N–H and O–H groups in total. The summed E-state index contributed by atoms with van der Waals surface area (Å²) < 4.78 is 18.8. The average molecular weight is 373 g/mol. The standard InChI is InChI=1S/C23H16FNO3/c24-19-13-11-18(12-14-19)20(17-9-5-2-6-10-17)21-22(26)25(23(27)28-21)15-16-7-3-1-4-8-16/h1-14H,15H2. The molecule has 5 heteroatoms. The van der Waals surface area contributed by atoms with E-state index in [-0.39, 0.29) is 18.1 Å². The summed E-state index contributed by atoms with van der Waals surface area (Å²) in [6.45, 7) is 0.119. The molecule has 0 aromatic heterocycles. The van der Waals surface area contributed by atoms with Gasteiger partial charge in [0, 0.05) is 5.57 Å². The van der Waals surface area contributed by atoms with Gasteiger partial charge in [-0.05, 0) is 28.8 Å². The van der Waals surface area contributed by atoms with Gasteiger partial charge in [0.15, 0.2) is 0 Å². The van der Waals surface area contributed by atoms with Crippen molar-refractivity contribution in [2.24, 2.45) is 0 Å². The third kappa shape index (κ3) is 3.42. The second kappa shape index (κ2) is 7.48. The highest BCUT2D eigenvalue weighted by atomic mass is 19.1. The molecule has 1 aliphatic heterocycles. The Balaban J connectivity index is 1.79. The van der Waals surface area contributed by atoms with Gasteiger partial charge in [-0.15, -0.1) is 0 Å². The summed E-state index contributed by atoms with van der Waals surface area (Å²) >= 11 is 0. The fourth-order valence-electron chi connectivity index (χ4n) is 3.10. The van der Waals surface area contributed by atoms with Crippen LogP contribution in [0.2, 0.25) is 0 Å². The van der Waals surface area contributed by atoms with E-state index in [0.717, 1.165) is 10.5 Å². The van der Waals surface area contributed by atoms with E-state index in [4.69, 9.17) is 4.74 Å². The topological polar surface area (TPSA) is 46.6 Å². The van der Waals surface area contributed by atoms with Crippen LogP contribution in [0.4, 0.5) is 9.18 Å². The van der Waals surface area contributed by atoms with Crippen LogP contribution in [0.5, 0.6) is 0 Å². The fourth-order valence-corrected chi connectivity index (χ4v) is 3.10. The van der Waals surface area contributed by atoms with Crippen LogP contribution in [0.25, 0.3) is 5.57 Å². The molecule has 1 saturated heterocycles. The molecule has 0 saturated carbocycles. The number of imide groups is 1. The predicted molar refractivity (Wildman–Crippen MR) is 102 cm³/mol. The molecule has 1 fully saturated rings. The highest BCUT2D eigenvalue weighted by Crippen LogP contribution is 2.32. The number of ether oxygens (including phenoxy) is 1. The maximum atomic E-state index is 13.4. The van der Waals surface area contributed by atoms with E-state index >= 15 is 0 Å². The summed E-state index contributed by atoms with van der Waals surface area (Å²) in [5, 5.41) is 0. The minimum Gasteiger partial charge on any atom is -0.403 e. The largest absolute Gasteiger partial charge is 0.422 e. The average Bonchev–Trinajstić information content (AvgIpc) is 2.99. The summed E-state index contributed by atoms with van der Waals surface area (Å²) in [6, 6.07) is 24.1. The van der Waals surface area contributed by atoms with Crippen molar-refractivity contribution in [2.45, 2.75) is 6.54 Å². The van der Waals surface area contributed by atoms with Crippen LogP contribution in [-0.4, -0.2) is 16.9 Å². The Kier molecular flexibility index (Phi) is 4.72. The summed E-state index contributed by atoms with van der Waals surface area (Å²) in [6.07, 6.45) is -0.723. The van der Waals surface area contributed by atoms with Crippen LogP contribution in [-0.2, 0) is 16.1 Å². The second-order valence-electron chi connectivity index (χ2n) is 6.32. The lowest BCUT2D eigenvalue weighted by Crippen LogP contribution is -2.28. The SMILES string of the molecule is O=C1OC(=C(c2ccccc2)c2ccc(F)cc2)C(=O)N1Cc1ccccc1. The number of carbonyl (C=O) groups excluding carboxylic acids is 2.